The lowest BCUT2D eigenvalue weighted by Crippen LogP contribution is -2.72. The van der Waals surface area contributed by atoms with Crippen molar-refractivity contribution in [1.82, 2.24) is 26.6 Å². The predicted molar refractivity (Wildman–Crippen MR) is 499 cm³/mol. The van der Waals surface area contributed by atoms with Crippen molar-refractivity contribution in [3.05, 3.63) is 228 Å². The summed E-state index contributed by atoms with van der Waals surface area (Å²) in [6, 6.07) is 49.7. The van der Waals surface area contributed by atoms with Crippen LogP contribution in [0.2, 0.25) is 72.5 Å². The summed E-state index contributed by atoms with van der Waals surface area (Å²) in [7, 11) is -11.9. The van der Waals surface area contributed by atoms with E-state index in [2.05, 4.69) is 169 Å². The second-order valence-corrected chi connectivity index (χ2v) is 59.1. The van der Waals surface area contributed by atoms with E-state index in [1.54, 1.807) is 24.3 Å². The maximum atomic E-state index is 15.2. The van der Waals surface area contributed by atoms with Gasteiger partial charge in [0.15, 0.2) is 58.4 Å². The van der Waals surface area contributed by atoms with Crippen molar-refractivity contribution in [1.29, 1.82) is 0 Å². The third-order valence-electron chi connectivity index (χ3n) is 26.4. The SMILES string of the molecule is C=CCO[C@H]1[C@H](O[C@@H]2[C@@H](O)[C@H](NC(=O)OCc3ccccc3)C[C@H](NC(=O)OCc3ccccc3)[C@H]2O[C@H]2O[C@@H]3COC(c4ccccc4)O[C@H]3[C@H](O[Si](C)(C)C(C)(C)C)[C@H]2NC(=O)OCc2ccccc2)O[C@H](CO[Si](C)(C)C(C)(C)C)[C@H]1O[C@H]1O[C@@H](CNC(=O)OCc2ccccc2)[C@@H](O[Si](C)(C)C(C)(C)C)[C@H](O[Si](C)(C)C(C)(C)C)[C@H]1NC(=O)OCc1ccccc1. The summed E-state index contributed by atoms with van der Waals surface area (Å²) >= 11 is 0. The van der Waals surface area contributed by atoms with E-state index in [1.165, 1.54) is 6.08 Å². The van der Waals surface area contributed by atoms with Gasteiger partial charge in [0.2, 0.25) is 0 Å². The monoisotopic (exact) mass is 1870 g/mol. The number of aliphatic hydroxyl groups excluding tert-OH is 1. The Kier molecular flexibility index (Phi) is 35.2. The fraction of sp³-hybridized carbons (Fsp3) is 0.557. The largest absolute Gasteiger partial charge is 0.445 e. The van der Waals surface area contributed by atoms with Gasteiger partial charge in [-0.3, -0.25) is 0 Å². The van der Waals surface area contributed by atoms with Crippen LogP contribution in [0, 0.1) is 0 Å². The van der Waals surface area contributed by atoms with Gasteiger partial charge in [0.25, 0.3) is 0 Å². The van der Waals surface area contributed by atoms with Crippen LogP contribution in [-0.4, -0.2) is 211 Å². The molecule has 5 amide bonds. The minimum absolute atomic E-state index is 0.0499. The fourth-order valence-corrected chi connectivity index (χ4v) is 19.7. The average Bonchev–Trinajstić information content (AvgIpc) is 1.04. The lowest BCUT2D eigenvalue weighted by Gasteiger charge is -2.53. The van der Waals surface area contributed by atoms with Crippen LogP contribution in [0.25, 0.3) is 0 Å². The summed E-state index contributed by atoms with van der Waals surface area (Å²) in [5.41, 5.74) is 4.18. The zero-order valence-corrected chi connectivity index (χ0v) is 83.1. The van der Waals surface area contributed by atoms with Gasteiger partial charge in [-0.25, -0.2) is 24.0 Å². The second-order valence-electron chi connectivity index (χ2n) is 40.1. The number of carbonyl (C=O) groups excluding carboxylic acids is 5. The molecule has 33 heteroatoms. The molecule has 712 valence electrons. The van der Waals surface area contributed by atoms with E-state index < -0.39 is 201 Å². The third kappa shape index (κ3) is 27.5. The molecule has 4 aliphatic heterocycles. The molecule has 0 bridgehead atoms. The highest BCUT2D eigenvalue weighted by atomic mass is 28.4. The molecule has 0 spiro atoms. The second kappa shape index (κ2) is 44.7. The van der Waals surface area contributed by atoms with E-state index in [4.69, 9.17) is 84.0 Å². The van der Waals surface area contributed by atoms with Crippen molar-refractivity contribution in [2.24, 2.45) is 0 Å². The maximum absolute atomic E-state index is 15.2. The van der Waals surface area contributed by atoms with Gasteiger partial charge >= 0.3 is 30.5 Å². The summed E-state index contributed by atoms with van der Waals surface area (Å²) < 4.78 is 126. The number of aliphatic hydroxyl groups is 1. The first-order chi connectivity index (χ1) is 61.4. The van der Waals surface area contributed by atoms with Gasteiger partial charge in [0.05, 0.1) is 44.1 Å². The van der Waals surface area contributed by atoms with E-state index in [1.807, 2.05) is 158 Å². The number of fused-ring (bicyclic) bond motifs is 1. The van der Waals surface area contributed by atoms with Crippen LogP contribution < -0.4 is 26.6 Å². The average molecular weight is 1870 g/mol. The number of hydrogen-bond donors (Lipinski definition) is 6. The summed E-state index contributed by atoms with van der Waals surface area (Å²) in [6.07, 6.45) is -24.9. The van der Waals surface area contributed by atoms with Crippen LogP contribution in [0.3, 0.4) is 0 Å². The zero-order chi connectivity index (χ0) is 94.2. The normalized spacial score (nSPS) is 27.0. The molecule has 130 heavy (non-hydrogen) atoms. The highest BCUT2D eigenvalue weighted by molar-refractivity contribution is 6.75. The Balaban J connectivity index is 1.08. The zero-order valence-electron chi connectivity index (χ0n) is 79.1. The molecule has 20 atom stereocenters. The van der Waals surface area contributed by atoms with Crippen LogP contribution in [-0.2, 0) is 117 Å². The molecular formula is C97H139N5O24Si4. The molecule has 1 unspecified atom stereocenters. The highest BCUT2D eigenvalue weighted by Gasteiger charge is 2.62. The van der Waals surface area contributed by atoms with Crippen LogP contribution in [0.4, 0.5) is 24.0 Å². The quantitative estimate of drug-likeness (QED) is 0.0122. The number of nitrogens with one attached hydrogen (secondary N) is 5. The molecule has 6 aromatic rings. The Morgan fingerprint density at radius 2 is 0.777 bits per heavy atom. The molecule has 5 fully saturated rings. The van der Waals surface area contributed by atoms with Crippen LogP contribution in [0.1, 0.15) is 129 Å². The Morgan fingerprint density at radius 1 is 0.408 bits per heavy atom. The number of benzene rings is 6. The van der Waals surface area contributed by atoms with Gasteiger partial charge in [0, 0.05) is 12.1 Å². The molecule has 29 nitrogen and oxygen atoms in total. The van der Waals surface area contributed by atoms with Gasteiger partial charge < -0.3 is 116 Å². The molecule has 4 heterocycles. The maximum Gasteiger partial charge on any atom is 0.407 e. The lowest BCUT2D eigenvalue weighted by atomic mass is 9.83. The first-order valence-electron chi connectivity index (χ1n) is 45.0. The Bertz CT molecular complexity index is 4570. The standard InChI is InChI=1S/C97H139N5O24Si4/c1-22-53-109-84-79(122-86-75(102-93(108)115-60-67-49-37-27-38-50-67)82(126-130(20,21)97(11,12)13)80(124-128(16,17)95(5,6)7)71(117-86)55-98-89(104)111-56-63-41-29-23-30-42-63)73(62-116-127(14,15)94(2,3)4)119-88(84)123-83-76(103)69(99-90(105)112-57-64-43-31-24-32-44-64)54-70(100-91(106)113-58-65-45-33-25-34-46-65)77(83)120-87-74(101-92(107)114-59-66-47-35-26-36-48-66)81(125-129(18,19)96(8,9)10)78-72(118-87)61-110-85(121-78)68-51-39-28-40-52-68/h22-52,69-88,103H,1,53-62H2,2-21H3,(H,98,104)(H,99,105)(H,100,106)(H,101,107)(H,102,108)/t69-,70+,71+,72-,73-,74-,75-,76+,77-,78-,79-,80-,81-,82-,83-,84-,85?,86-,87-,88+/m1/s1. The van der Waals surface area contributed by atoms with Gasteiger partial charge in [-0.1, -0.05) is 271 Å². The Labute approximate surface area is 771 Å². The molecule has 0 aromatic heterocycles. The number of hydrogen-bond acceptors (Lipinski definition) is 24. The topological polar surface area (TPSA) is 332 Å². The van der Waals surface area contributed by atoms with Gasteiger partial charge in [-0.05, 0) is 107 Å². The molecule has 5 aliphatic rings. The van der Waals surface area contributed by atoms with Crippen molar-refractivity contribution in [2.75, 3.05) is 26.4 Å². The summed E-state index contributed by atoms with van der Waals surface area (Å²) in [6.45, 7) is 44.6. The Morgan fingerprint density at radius 3 is 1.22 bits per heavy atom. The van der Waals surface area contributed by atoms with E-state index in [-0.39, 0.29) is 70.9 Å². The minimum Gasteiger partial charge on any atom is -0.445 e. The van der Waals surface area contributed by atoms with Crippen molar-refractivity contribution in [2.45, 2.75) is 318 Å². The molecule has 4 saturated heterocycles. The number of rotatable bonds is 35. The van der Waals surface area contributed by atoms with Crippen molar-refractivity contribution in [3.8, 4) is 0 Å². The van der Waals surface area contributed by atoms with E-state index in [9.17, 15) is 14.7 Å². The third-order valence-corrected chi connectivity index (χ3v) is 44.3. The van der Waals surface area contributed by atoms with Crippen molar-refractivity contribution >= 4 is 63.7 Å². The molecular weight excluding hydrogens is 1730 g/mol. The predicted octanol–water partition coefficient (Wildman–Crippen LogP) is 17.1. The molecule has 6 N–H and O–H groups in total. The molecule has 0 radical (unpaired) electrons. The first kappa shape index (κ1) is 102. The van der Waals surface area contributed by atoms with Gasteiger partial charge in [-0.15, -0.1) is 6.58 Å². The number of amides is 5. The number of carbonyl (C=O) groups is 5. The van der Waals surface area contributed by atoms with Gasteiger partial charge in [-0.2, -0.15) is 0 Å². The minimum atomic E-state index is -3.06. The summed E-state index contributed by atoms with van der Waals surface area (Å²) in [5.74, 6) is 0. The van der Waals surface area contributed by atoms with Crippen molar-refractivity contribution in [3.63, 3.8) is 0 Å². The lowest BCUT2D eigenvalue weighted by molar-refractivity contribution is -0.357. The fourth-order valence-electron chi connectivity index (χ4n) is 14.8. The van der Waals surface area contributed by atoms with Crippen molar-refractivity contribution < 1.29 is 113 Å². The molecule has 11 rings (SSSR count). The first-order valence-corrected chi connectivity index (χ1v) is 56.7. The molecule has 1 aliphatic carbocycles. The van der Waals surface area contributed by atoms with E-state index in [0.29, 0.717) is 27.8 Å². The molecule has 6 aromatic carbocycles. The summed E-state index contributed by atoms with van der Waals surface area (Å²) in [5, 5.41) is 27.4. The van der Waals surface area contributed by atoms with Gasteiger partial charge in [0.1, 0.15) is 106 Å². The number of alkyl carbamates (subject to hydrolysis) is 5. The highest BCUT2D eigenvalue weighted by Crippen LogP contribution is 2.48. The van der Waals surface area contributed by atoms with Crippen LogP contribution >= 0.6 is 0 Å². The Hall–Kier alpha value is -8.28. The van der Waals surface area contributed by atoms with Crippen LogP contribution in [0.15, 0.2) is 195 Å². The van der Waals surface area contributed by atoms with E-state index >= 15 is 14.4 Å². The van der Waals surface area contributed by atoms with E-state index in [0.717, 1.165) is 5.56 Å². The molecule has 1 saturated carbocycles. The summed E-state index contributed by atoms with van der Waals surface area (Å²) in [4.78, 5) is 74.3. The number of ether oxygens (including phenoxy) is 14. The van der Waals surface area contributed by atoms with Crippen LogP contribution in [0.5, 0.6) is 0 Å². The smallest absolute Gasteiger partial charge is 0.407 e.